The van der Waals surface area contributed by atoms with Crippen molar-refractivity contribution in [2.75, 3.05) is 67.0 Å². The molecule has 0 aromatic heterocycles. The molecule has 0 saturated carbocycles. The lowest BCUT2D eigenvalue weighted by atomic mass is 9.92. The minimum Gasteiger partial charge on any atom is -0.380 e. The lowest BCUT2D eigenvalue weighted by Gasteiger charge is -2.48. The van der Waals surface area contributed by atoms with Gasteiger partial charge in [0.1, 0.15) is 0 Å². The smallest absolute Gasteiger partial charge is 0.0736 e. The molecule has 0 radical (unpaired) electrons. The van der Waals surface area contributed by atoms with Crippen LogP contribution in [0.5, 0.6) is 0 Å². The first-order valence-corrected chi connectivity index (χ1v) is 7.29. The van der Waals surface area contributed by atoms with E-state index >= 15 is 0 Å². The van der Waals surface area contributed by atoms with Crippen LogP contribution in [0.4, 0.5) is 0 Å². The molecule has 0 amide bonds. The lowest BCUT2D eigenvalue weighted by Crippen LogP contribution is -2.63. The maximum absolute atomic E-state index is 6.01. The molecule has 0 spiro atoms. The van der Waals surface area contributed by atoms with Crippen LogP contribution in [0.1, 0.15) is 13.8 Å². The molecule has 5 nitrogen and oxygen atoms in total. The van der Waals surface area contributed by atoms with Crippen molar-refractivity contribution in [3.8, 4) is 0 Å². The van der Waals surface area contributed by atoms with Crippen molar-refractivity contribution in [3.05, 3.63) is 0 Å². The summed E-state index contributed by atoms with van der Waals surface area (Å²) in [5.74, 6) is 0. The fourth-order valence-corrected chi connectivity index (χ4v) is 2.63. The maximum atomic E-state index is 6.01. The summed E-state index contributed by atoms with van der Waals surface area (Å²) in [4.78, 5) is 7.27. The van der Waals surface area contributed by atoms with Gasteiger partial charge in [-0.3, -0.25) is 9.80 Å². The van der Waals surface area contributed by atoms with Crippen molar-refractivity contribution < 1.29 is 4.74 Å². The van der Waals surface area contributed by atoms with Crippen LogP contribution in [0.3, 0.4) is 0 Å². The van der Waals surface area contributed by atoms with Crippen molar-refractivity contribution in [1.82, 2.24) is 14.7 Å². The largest absolute Gasteiger partial charge is 0.380 e. The molecule has 19 heavy (non-hydrogen) atoms. The Hall–Kier alpha value is -0.200. The van der Waals surface area contributed by atoms with Crippen molar-refractivity contribution in [1.29, 1.82) is 0 Å². The molecule has 5 heteroatoms. The zero-order chi connectivity index (χ0) is 14.5. The van der Waals surface area contributed by atoms with Gasteiger partial charge < -0.3 is 15.4 Å². The van der Waals surface area contributed by atoms with Gasteiger partial charge in [-0.05, 0) is 27.9 Å². The third-order valence-corrected chi connectivity index (χ3v) is 4.60. The van der Waals surface area contributed by atoms with Gasteiger partial charge in [-0.1, -0.05) is 0 Å². The summed E-state index contributed by atoms with van der Waals surface area (Å²) in [6.07, 6.45) is 0.158. The first-order valence-electron chi connectivity index (χ1n) is 7.29. The van der Waals surface area contributed by atoms with E-state index in [2.05, 4.69) is 42.6 Å². The predicted octanol–water partition coefficient (Wildman–Crippen LogP) is -0.0821. The number of hydrogen-bond donors (Lipinski definition) is 1. The summed E-state index contributed by atoms with van der Waals surface area (Å²) in [5, 5.41) is 0. The molecular weight excluding hydrogens is 240 g/mol. The van der Waals surface area contributed by atoms with Gasteiger partial charge in [-0.15, -0.1) is 0 Å². The summed E-state index contributed by atoms with van der Waals surface area (Å²) in [5.41, 5.74) is 5.95. The average molecular weight is 272 g/mol. The Bertz CT molecular complexity index is 254. The highest BCUT2D eigenvalue weighted by molar-refractivity contribution is 4.95. The first-order chi connectivity index (χ1) is 8.93. The van der Waals surface area contributed by atoms with Crippen LogP contribution < -0.4 is 5.73 Å². The summed E-state index contributed by atoms with van der Waals surface area (Å²) in [6.45, 7) is 11.7. The quantitative estimate of drug-likeness (QED) is 0.702. The van der Waals surface area contributed by atoms with Crippen LogP contribution in [-0.4, -0.2) is 93.4 Å². The second kappa shape index (κ2) is 7.55. The van der Waals surface area contributed by atoms with Crippen molar-refractivity contribution in [3.63, 3.8) is 0 Å². The lowest BCUT2D eigenvalue weighted by molar-refractivity contribution is -0.0496. The van der Waals surface area contributed by atoms with E-state index in [1.165, 1.54) is 0 Å². The predicted molar refractivity (Wildman–Crippen MR) is 80.5 cm³/mol. The molecule has 0 bridgehead atoms. The number of piperazine rings is 1. The van der Waals surface area contributed by atoms with Crippen LogP contribution in [-0.2, 0) is 4.74 Å². The maximum Gasteiger partial charge on any atom is 0.0736 e. The molecule has 1 fully saturated rings. The van der Waals surface area contributed by atoms with Crippen LogP contribution in [0.2, 0.25) is 0 Å². The Morgan fingerprint density at radius 1 is 1.26 bits per heavy atom. The summed E-state index contributed by atoms with van der Waals surface area (Å²) in [6, 6.07) is 0. The number of rotatable bonds is 7. The third-order valence-electron chi connectivity index (χ3n) is 4.60. The molecule has 0 aromatic rings. The zero-order valence-corrected chi connectivity index (χ0v) is 13.4. The van der Waals surface area contributed by atoms with E-state index in [4.69, 9.17) is 10.5 Å². The highest BCUT2D eigenvalue weighted by atomic mass is 16.5. The van der Waals surface area contributed by atoms with Gasteiger partial charge in [0.25, 0.3) is 0 Å². The number of nitrogens with two attached hydrogens (primary N) is 1. The molecule has 2 N–H and O–H groups in total. The van der Waals surface area contributed by atoms with E-state index in [0.717, 1.165) is 39.3 Å². The average Bonchev–Trinajstić information content (AvgIpc) is 2.43. The molecule has 0 aromatic carbocycles. The van der Waals surface area contributed by atoms with Crippen LogP contribution in [0.15, 0.2) is 0 Å². The summed E-state index contributed by atoms with van der Waals surface area (Å²) < 4.78 is 5.52. The second-order valence-electron chi connectivity index (χ2n) is 6.07. The molecule has 1 heterocycles. The van der Waals surface area contributed by atoms with E-state index < -0.39 is 0 Å². The minimum atomic E-state index is -0.0532. The fourth-order valence-electron chi connectivity index (χ4n) is 2.63. The van der Waals surface area contributed by atoms with Crippen LogP contribution in [0.25, 0.3) is 0 Å². The number of nitrogens with zero attached hydrogens (tertiary/aromatic N) is 3. The standard InChI is InChI=1S/C14H32N4O/c1-13(19-5)14(2,12-15)18-10-8-17(9-11-18)7-6-16(3)4/h13H,6-12,15H2,1-5H3. The Balaban J connectivity index is 2.47. The van der Waals surface area contributed by atoms with Gasteiger partial charge in [0.2, 0.25) is 0 Å². The van der Waals surface area contributed by atoms with E-state index in [1.807, 2.05) is 0 Å². The molecule has 0 aliphatic carbocycles. The van der Waals surface area contributed by atoms with Gasteiger partial charge in [0.05, 0.1) is 11.6 Å². The van der Waals surface area contributed by atoms with E-state index in [9.17, 15) is 0 Å². The van der Waals surface area contributed by atoms with Crippen molar-refractivity contribution >= 4 is 0 Å². The van der Waals surface area contributed by atoms with Crippen molar-refractivity contribution in [2.45, 2.75) is 25.5 Å². The third kappa shape index (κ3) is 4.39. The van der Waals surface area contributed by atoms with E-state index in [-0.39, 0.29) is 11.6 Å². The normalized spacial score (nSPS) is 23.5. The van der Waals surface area contributed by atoms with Crippen LogP contribution >= 0.6 is 0 Å². The van der Waals surface area contributed by atoms with Gasteiger partial charge >= 0.3 is 0 Å². The minimum absolute atomic E-state index is 0.0532. The molecule has 114 valence electrons. The summed E-state index contributed by atoms with van der Waals surface area (Å²) in [7, 11) is 6.02. The number of methoxy groups -OCH3 is 1. The Morgan fingerprint density at radius 2 is 1.84 bits per heavy atom. The molecule has 1 rings (SSSR count). The number of hydrogen-bond acceptors (Lipinski definition) is 5. The van der Waals surface area contributed by atoms with Gasteiger partial charge in [0.15, 0.2) is 0 Å². The zero-order valence-electron chi connectivity index (χ0n) is 13.4. The Kier molecular flexibility index (Phi) is 6.69. The summed E-state index contributed by atoms with van der Waals surface area (Å²) >= 11 is 0. The Labute approximate surface area is 118 Å². The van der Waals surface area contributed by atoms with E-state index in [1.54, 1.807) is 7.11 Å². The van der Waals surface area contributed by atoms with Gasteiger partial charge in [-0.25, -0.2) is 0 Å². The Morgan fingerprint density at radius 3 is 2.26 bits per heavy atom. The fraction of sp³-hybridized carbons (Fsp3) is 1.00. The van der Waals surface area contributed by atoms with E-state index in [0.29, 0.717) is 6.54 Å². The first kappa shape index (κ1) is 16.9. The number of ether oxygens (including phenoxy) is 1. The molecule has 2 unspecified atom stereocenters. The molecular formula is C14H32N4O. The SMILES string of the molecule is COC(C)C(C)(CN)N1CCN(CCN(C)C)CC1. The van der Waals surface area contributed by atoms with Crippen LogP contribution in [0, 0.1) is 0 Å². The molecule has 2 atom stereocenters. The second-order valence-corrected chi connectivity index (χ2v) is 6.07. The number of likely N-dealkylation sites (N-methyl/N-ethyl adjacent to an activating group) is 1. The topological polar surface area (TPSA) is 45.0 Å². The van der Waals surface area contributed by atoms with Gasteiger partial charge in [-0.2, -0.15) is 0 Å². The van der Waals surface area contributed by atoms with Crippen molar-refractivity contribution in [2.24, 2.45) is 5.73 Å². The monoisotopic (exact) mass is 272 g/mol. The molecule has 1 aliphatic heterocycles. The molecule has 1 saturated heterocycles. The highest BCUT2D eigenvalue weighted by Crippen LogP contribution is 2.22. The van der Waals surface area contributed by atoms with Gasteiger partial charge in [0, 0.05) is 52.9 Å². The molecule has 1 aliphatic rings. The highest BCUT2D eigenvalue weighted by Gasteiger charge is 2.37.